The van der Waals surface area contributed by atoms with E-state index in [9.17, 15) is 4.79 Å². The van der Waals surface area contributed by atoms with Crippen LogP contribution >= 0.6 is 15.9 Å². The van der Waals surface area contributed by atoms with Crippen LogP contribution in [0.1, 0.15) is 11.3 Å². The van der Waals surface area contributed by atoms with Gasteiger partial charge in [-0.25, -0.2) is 0 Å². The summed E-state index contributed by atoms with van der Waals surface area (Å²) in [5, 5.41) is 8.78. The number of benzene rings is 2. The summed E-state index contributed by atoms with van der Waals surface area (Å²) in [5.74, 6) is 1.83. The minimum absolute atomic E-state index is 0.0807. The molecule has 0 bridgehead atoms. The Morgan fingerprint density at radius 1 is 1.11 bits per heavy atom. The van der Waals surface area contributed by atoms with Gasteiger partial charge in [0, 0.05) is 17.1 Å². The van der Waals surface area contributed by atoms with Crippen molar-refractivity contribution < 1.29 is 13.9 Å². The molecule has 0 radical (unpaired) electrons. The minimum atomic E-state index is -0.166. The van der Waals surface area contributed by atoms with Crippen molar-refractivity contribution in [1.29, 1.82) is 5.26 Å². The average Bonchev–Trinajstić information content (AvgIpc) is 3.15. The number of likely N-dealkylation sites (N-methyl/N-ethyl adjacent to an activating group) is 1. The van der Waals surface area contributed by atoms with E-state index in [1.54, 1.807) is 36.2 Å². The lowest BCUT2D eigenvalue weighted by atomic mass is 10.2. The summed E-state index contributed by atoms with van der Waals surface area (Å²) in [6.07, 6.45) is 0. The Morgan fingerprint density at radius 3 is 2.48 bits per heavy atom. The zero-order chi connectivity index (χ0) is 19.2. The van der Waals surface area contributed by atoms with Crippen LogP contribution in [0.5, 0.6) is 5.75 Å². The topological polar surface area (TPSA) is 66.5 Å². The number of furan rings is 1. The molecule has 0 spiro atoms. The van der Waals surface area contributed by atoms with Gasteiger partial charge in [0.15, 0.2) is 6.61 Å². The third-order valence-electron chi connectivity index (χ3n) is 3.95. The number of hydrogen-bond acceptors (Lipinski definition) is 4. The maximum absolute atomic E-state index is 12.3. The van der Waals surface area contributed by atoms with E-state index in [1.807, 2.05) is 42.5 Å². The van der Waals surface area contributed by atoms with E-state index in [0.717, 1.165) is 15.8 Å². The van der Waals surface area contributed by atoms with Crippen LogP contribution < -0.4 is 4.74 Å². The van der Waals surface area contributed by atoms with E-state index in [-0.39, 0.29) is 12.5 Å². The second-order valence-electron chi connectivity index (χ2n) is 5.95. The smallest absolute Gasteiger partial charge is 0.260 e. The number of carbonyl (C=O) groups is 1. The molecule has 1 aromatic heterocycles. The van der Waals surface area contributed by atoms with Crippen LogP contribution in [0, 0.1) is 11.3 Å². The lowest BCUT2D eigenvalue weighted by Crippen LogP contribution is -2.30. The predicted octanol–water partition coefficient (Wildman–Crippen LogP) is 4.62. The van der Waals surface area contributed by atoms with Gasteiger partial charge in [-0.05, 0) is 48.5 Å². The highest BCUT2D eigenvalue weighted by Gasteiger charge is 2.13. The highest BCUT2D eigenvalue weighted by Crippen LogP contribution is 2.24. The number of halogens is 1. The van der Waals surface area contributed by atoms with Crippen LogP contribution in [0.25, 0.3) is 11.3 Å². The summed E-state index contributed by atoms with van der Waals surface area (Å²) in [5.41, 5.74) is 1.52. The first-order valence-corrected chi connectivity index (χ1v) is 9.06. The van der Waals surface area contributed by atoms with Gasteiger partial charge < -0.3 is 14.1 Å². The summed E-state index contributed by atoms with van der Waals surface area (Å²) in [6, 6.07) is 20.3. The van der Waals surface area contributed by atoms with E-state index in [2.05, 4.69) is 15.9 Å². The quantitative estimate of drug-likeness (QED) is 0.578. The van der Waals surface area contributed by atoms with Crippen LogP contribution in [0.4, 0.5) is 0 Å². The summed E-state index contributed by atoms with van der Waals surface area (Å²) >= 11 is 3.41. The highest BCUT2D eigenvalue weighted by atomic mass is 79.9. The zero-order valence-corrected chi connectivity index (χ0v) is 16.3. The highest BCUT2D eigenvalue weighted by molar-refractivity contribution is 9.10. The van der Waals surface area contributed by atoms with Crippen molar-refractivity contribution in [1.82, 2.24) is 4.90 Å². The molecule has 3 aromatic rings. The Hall–Kier alpha value is -3.04. The molecule has 3 rings (SSSR count). The molecular formula is C21H17BrN2O3. The molecule has 27 heavy (non-hydrogen) atoms. The monoisotopic (exact) mass is 424 g/mol. The van der Waals surface area contributed by atoms with Gasteiger partial charge in [-0.2, -0.15) is 5.26 Å². The van der Waals surface area contributed by atoms with Crippen molar-refractivity contribution in [3.05, 3.63) is 76.5 Å². The van der Waals surface area contributed by atoms with Crippen molar-refractivity contribution >= 4 is 21.8 Å². The molecule has 5 nitrogen and oxygen atoms in total. The fourth-order valence-corrected chi connectivity index (χ4v) is 2.70. The summed E-state index contributed by atoms with van der Waals surface area (Å²) < 4.78 is 12.3. The normalized spacial score (nSPS) is 10.3. The molecule has 136 valence electrons. The molecule has 0 aliphatic rings. The van der Waals surface area contributed by atoms with Gasteiger partial charge in [-0.1, -0.05) is 28.1 Å². The van der Waals surface area contributed by atoms with Crippen LogP contribution in [0.2, 0.25) is 0 Å². The molecule has 0 N–H and O–H groups in total. The lowest BCUT2D eigenvalue weighted by molar-refractivity contribution is -0.132. The van der Waals surface area contributed by atoms with Gasteiger partial charge in [-0.3, -0.25) is 4.79 Å². The van der Waals surface area contributed by atoms with E-state index >= 15 is 0 Å². The van der Waals surface area contributed by atoms with Crippen molar-refractivity contribution in [2.45, 2.75) is 6.54 Å². The molecule has 0 aliphatic carbocycles. The van der Waals surface area contributed by atoms with Gasteiger partial charge in [0.1, 0.15) is 17.3 Å². The molecule has 0 saturated carbocycles. The zero-order valence-electron chi connectivity index (χ0n) is 14.7. The Bertz CT molecular complexity index is 956. The van der Waals surface area contributed by atoms with Crippen LogP contribution in [-0.2, 0) is 11.3 Å². The van der Waals surface area contributed by atoms with E-state index < -0.39 is 0 Å². The molecular weight excluding hydrogens is 408 g/mol. The van der Waals surface area contributed by atoms with Crippen LogP contribution in [0.15, 0.2) is 69.6 Å². The standard InChI is InChI=1S/C21H17BrN2O3/c1-24(21(25)14-26-18-8-2-15(12-23)3-9-18)13-19-10-11-20(27-19)16-4-6-17(22)7-5-16/h2-11H,13-14H2,1H3. The molecule has 0 aliphatic heterocycles. The van der Waals surface area contributed by atoms with Crippen LogP contribution in [-0.4, -0.2) is 24.5 Å². The number of nitriles is 1. The first-order chi connectivity index (χ1) is 13.0. The first kappa shape index (κ1) is 18.7. The van der Waals surface area contributed by atoms with Gasteiger partial charge in [0.2, 0.25) is 0 Å². The SMILES string of the molecule is CN(Cc1ccc(-c2ccc(Br)cc2)o1)C(=O)COc1ccc(C#N)cc1. The molecule has 0 unspecified atom stereocenters. The maximum Gasteiger partial charge on any atom is 0.260 e. The van der Waals surface area contributed by atoms with Gasteiger partial charge in [-0.15, -0.1) is 0 Å². The third kappa shape index (κ3) is 4.99. The number of carbonyl (C=O) groups excluding carboxylic acids is 1. The first-order valence-electron chi connectivity index (χ1n) is 8.27. The Balaban J connectivity index is 1.55. The fraction of sp³-hybridized carbons (Fsp3) is 0.143. The number of nitrogens with zero attached hydrogens (tertiary/aromatic N) is 2. The minimum Gasteiger partial charge on any atom is -0.484 e. The van der Waals surface area contributed by atoms with E-state index in [4.69, 9.17) is 14.4 Å². The van der Waals surface area contributed by atoms with Gasteiger partial charge >= 0.3 is 0 Å². The van der Waals surface area contributed by atoms with E-state index in [1.165, 1.54) is 0 Å². The third-order valence-corrected chi connectivity index (χ3v) is 4.48. The predicted molar refractivity (Wildman–Crippen MR) is 105 cm³/mol. The summed E-state index contributed by atoms with van der Waals surface area (Å²) in [6.45, 7) is 0.273. The Morgan fingerprint density at radius 2 is 1.81 bits per heavy atom. The van der Waals surface area contributed by atoms with Gasteiger partial charge in [0.25, 0.3) is 5.91 Å². The molecule has 1 amide bonds. The largest absolute Gasteiger partial charge is 0.484 e. The molecule has 0 atom stereocenters. The fourth-order valence-electron chi connectivity index (χ4n) is 2.44. The number of amides is 1. The van der Waals surface area contributed by atoms with E-state index in [0.29, 0.717) is 23.6 Å². The Labute approximate surface area is 165 Å². The molecule has 0 saturated heterocycles. The second-order valence-corrected chi connectivity index (χ2v) is 6.86. The van der Waals surface area contributed by atoms with Crippen molar-refractivity contribution in [3.63, 3.8) is 0 Å². The lowest BCUT2D eigenvalue weighted by Gasteiger charge is -2.16. The molecule has 2 aromatic carbocycles. The number of ether oxygens (including phenoxy) is 1. The van der Waals surface area contributed by atoms with Crippen molar-refractivity contribution in [3.8, 4) is 23.1 Å². The summed E-state index contributed by atoms with van der Waals surface area (Å²) in [7, 11) is 1.70. The molecule has 0 fully saturated rings. The number of hydrogen-bond donors (Lipinski definition) is 0. The summed E-state index contributed by atoms with van der Waals surface area (Å²) in [4.78, 5) is 13.8. The number of rotatable bonds is 6. The molecule has 1 heterocycles. The van der Waals surface area contributed by atoms with Crippen LogP contribution in [0.3, 0.4) is 0 Å². The van der Waals surface area contributed by atoms with Gasteiger partial charge in [0.05, 0.1) is 18.2 Å². The maximum atomic E-state index is 12.3. The average molecular weight is 425 g/mol. The second kappa shape index (κ2) is 8.56. The Kier molecular flexibility index (Phi) is 5.94. The van der Waals surface area contributed by atoms with Crippen molar-refractivity contribution in [2.75, 3.05) is 13.7 Å². The van der Waals surface area contributed by atoms with Crippen molar-refractivity contribution in [2.24, 2.45) is 0 Å². The molecule has 6 heteroatoms.